The average Bonchev–Trinajstić information content (AvgIpc) is 3.40. The Bertz CT molecular complexity index is 791. The van der Waals surface area contributed by atoms with Gasteiger partial charge in [-0.3, -0.25) is 4.90 Å². The van der Waals surface area contributed by atoms with E-state index < -0.39 is 12.1 Å². The molecule has 11 heteroatoms. The van der Waals surface area contributed by atoms with Crippen LogP contribution in [-0.4, -0.2) is 63.5 Å². The van der Waals surface area contributed by atoms with E-state index in [4.69, 9.17) is 14.6 Å². The van der Waals surface area contributed by atoms with Crippen molar-refractivity contribution >= 4 is 23.3 Å². The maximum atomic E-state index is 10.6. The average molecular weight is 430 g/mol. The van der Waals surface area contributed by atoms with E-state index in [1.54, 1.807) is 12.4 Å². The van der Waals surface area contributed by atoms with E-state index >= 15 is 0 Å². The molecule has 0 amide bonds. The fraction of sp³-hybridized carbons (Fsp3) is 0.500. The molecule has 2 aromatic rings. The number of thiophene rings is 1. The van der Waals surface area contributed by atoms with Gasteiger partial charge in [-0.05, 0) is 23.9 Å². The molecule has 2 N–H and O–H groups in total. The molecule has 2 fully saturated rings. The van der Waals surface area contributed by atoms with Gasteiger partial charge in [0.2, 0.25) is 5.95 Å². The van der Waals surface area contributed by atoms with Gasteiger partial charge >= 0.3 is 12.1 Å². The summed E-state index contributed by atoms with van der Waals surface area (Å²) in [4.78, 5) is 21.3. The summed E-state index contributed by atoms with van der Waals surface area (Å²) >= 11 is 1.83. The van der Waals surface area contributed by atoms with Gasteiger partial charge in [-0.1, -0.05) is 6.07 Å². The molecule has 0 aromatic carbocycles. The molecule has 7 nitrogen and oxygen atoms in total. The predicted octanol–water partition coefficient (Wildman–Crippen LogP) is 3.02. The molecule has 29 heavy (non-hydrogen) atoms. The third-order valence-corrected chi connectivity index (χ3v) is 5.57. The molecule has 158 valence electrons. The number of carbonyl (C=O) groups is 1. The third kappa shape index (κ3) is 6.12. The predicted molar refractivity (Wildman–Crippen MR) is 101 cm³/mol. The molecular formula is C18H21F3N4O3S. The van der Waals surface area contributed by atoms with Crippen molar-refractivity contribution in [3.8, 4) is 0 Å². The second-order valence-electron chi connectivity index (χ2n) is 6.95. The van der Waals surface area contributed by atoms with Crippen LogP contribution in [0.25, 0.3) is 0 Å². The monoisotopic (exact) mass is 430 g/mol. The summed E-state index contributed by atoms with van der Waals surface area (Å²) in [5.74, 6) is -2.06. The van der Waals surface area contributed by atoms with E-state index in [9.17, 15) is 13.2 Å². The normalized spacial score (nSPS) is 24.3. The van der Waals surface area contributed by atoms with Crippen molar-refractivity contribution < 1.29 is 27.8 Å². The summed E-state index contributed by atoms with van der Waals surface area (Å²) < 4.78 is 37.9. The van der Waals surface area contributed by atoms with Crippen LogP contribution in [0, 0.1) is 0 Å². The first-order chi connectivity index (χ1) is 13.8. The quantitative estimate of drug-likeness (QED) is 0.771. The third-order valence-electron chi connectivity index (χ3n) is 4.71. The molecule has 0 bridgehead atoms. The zero-order valence-electron chi connectivity index (χ0n) is 15.4. The first-order valence-electron chi connectivity index (χ1n) is 8.98. The largest absolute Gasteiger partial charge is 0.490 e. The van der Waals surface area contributed by atoms with Crippen molar-refractivity contribution in [1.82, 2.24) is 14.9 Å². The number of likely N-dealkylation sites (tertiary alicyclic amines) is 1. The second kappa shape index (κ2) is 9.06. The molecule has 2 atom stereocenters. The summed E-state index contributed by atoms with van der Waals surface area (Å²) in [5.41, 5.74) is 0.0176. The number of halogens is 3. The number of alkyl halides is 3. The summed E-state index contributed by atoms with van der Waals surface area (Å²) in [5, 5.41) is 12.7. The van der Waals surface area contributed by atoms with Gasteiger partial charge < -0.3 is 15.2 Å². The number of nitrogens with zero attached hydrogens (tertiary/aromatic N) is 3. The van der Waals surface area contributed by atoms with Crippen molar-refractivity contribution in [3.05, 3.63) is 40.8 Å². The minimum Gasteiger partial charge on any atom is -0.475 e. The number of anilines is 1. The molecule has 2 aliphatic rings. The summed E-state index contributed by atoms with van der Waals surface area (Å²) in [7, 11) is 0. The molecule has 2 aromatic heterocycles. The fourth-order valence-electron chi connectivity index (χ4n) is 3.46. The fourth-order valence-corrected chi connectivity index (χ4v) is 4.21. The van der Waals surface area contributed by atoms with Crippen LogP contribution in [0.4, 0.5) is 19.1 Å². The summed E-state index contributed by atoms with van der Waals surface area (Å²) in [6.45, 7) is 3.93. The minimum absolute atomic E-state index is 0.0176. The number of nitrogens with one attached hydrogen (secondary N) is 1. The van der Waals surface area contributed by atoms with Crippen molar-refractivity contribution in [2.24, 2.45) is 0 Å². The van der Waals surface area contributed by atoms with Crippen molar-refractivity contribution in [2.45, 2.75) is 37.2 Å². The van der Waals surface area contributed by atoms with Crippen molar-refractivity contribution in [3.63, 3.8) is 0 Å². The number of carboxylic acids is 1. The topological polar surface area (TPSA) is 87.6 Å². The Kier molecular flexibility index (Phi) is 6.70. The molecule has 0 radical (unpaired) electrons. The Hall–Kier alpha value is -2.24. The van der Waals surface area contributed by atoms with Gasteiger partial charge in [0.25, 0.3) is 0 Å². The molecule has 1 spiro atoms. The van der Waals surface area contributed by atoms with E-state index in [0.717, 1.165) is 39.1 Å². The van der Waals surface area contributed by atoms with Crippen molar-refractivity contribution in [2.75, 3.05) is 25.0 Å². The number of carboxylic acid groups (broad SMARTS) is 1. The van der Waals surface area contributed by atoms with Gasteiger partial charge in [-0.15, -0.1) is 11.3 Å². The smallest absolute Gasteiger partial charge is 0.475 e. The summed E-state index contributed by atoms with van der Waals surface area (Å²) in [6.07, 6.45) is 0.594. The molecule has 2 aliphatic heterocycles. The molecular weight excluding hydrogens is 409 g/mol. The maximum Gasteiger partial charge on any atom is 0.490 e. The van der Waals surface area contributed by atoms with Crippen LogP contribution in [0.15, 0.2) is 36.0 Å². The van der Waals surface area contributed by atoms with Crippen LogP contribution >= 0.6 is 11.3 Å². The summed E-state index contributed by atoms with van der Waals surface area (Å²) in [6, 6.07) is 6.47. The minimum atomic E-state index is -5.08. The lowest BCUT2D eigenvalue weighted by molar-refractivity contribution is -0.192. The standard InChI is InChI=1S/C16H20N4OS.C2HF3O2/c1-3-14(22-8-1)10-20-7-4-16(12-20)9-13(11-21-16)19-15-17-5-2-6-18-15;3-2(4,5)1(6)7/h1-3,5-6,8,13H,4,7,9-12H2,(H,17,18,19);(H,6,7). The molecule has 0 saturated carbocycles. The second-order valence-corrected chi connectivity index (χ2v) is 7.99. The van der Waals surface area contributed by atoms with E-state index in [1.807, 2.05) is 17.4 Å². The zero-order chi connectivity index (χ0) is 20.9. The van der Waals surface area contributed by atoms with E-state index in [2.05, 4.69) is 37.7 Å². The lowest BCUT2D eigenvalue weighted by atomic mass is 9.97. The molecule has 2 saturated heterocycles. The molecule has 4 heterocycles. The van der Waals surface area contributed by atoms with Crippen LogP contribution in [0.2, 0.25) is 0 Å². The van der Waals surface area contributed by atoms with Crippen LogP contribution < -0.4 is 5.32 Å². The van der Waals surface area contributed by atoms with E-state index in [-0.39, 0.29) is 5.60 Å². The number of hydrogen-bond donors (Lipinski definition) is 2. The Morgan fingerprint density at radius 3 is 2.72 bits per heavy atom. The number of aromatic nitrogens is 2. The maximum absolute atomic E-state index is 10.6. The van der Waals surface area contributed by atoms with Crippen molar-refractivity contribution in [1.29, 1.82) is 0 Å². The van der Waals surface area contributed by atoms with E-state index in [1.165, 1.54) is 4.88 Å². The first kappa shape index (κ1) is 21.5. The van der Waals surface area contributed by atoms with Gasteiger partial charge in [0.15, 0.2) is 0 Å². The molecule has 4 rings (SSSR count). The highest BCUT2D eigenvalue weighted by Crippen LogP contribution is 2.36. The van der Waals surface area contributed by atoms with Gasteiger partial charge in [-0.25, -0.2) is 14.8 Å². The Labute approximate surface area is 169 Å². The Balaban J connectivity index is 0.000000298. The van der Waals surface area contributed by atoms with Gasteiger partial charge in [-0.2, -0.15) is 13.2 Å². The number of ether oxygens (including phenoxy) is 1. The van der Waals surface area contributed by atoms with Crippen LogP contribution in [-0.2, 0) is 16.1 Å². The Morgan fingerprint density at radius 2 is 2.10 bits per heavy atom. The lowest BCUT2D eigenvalue weighted by Crippen LogP contribution is -2.33. The number of rotatable bonds is 4. The highest BCUT2D eigenvalue weighted by atomic mass is 32.1. The highest BCUT2D eigenvalue weighted by molar-refractivity contribution is 7.09. The van der Waals surface area contributed by atoms with Gasteiger partial charge in [0, 0.05) is 43.3 Å². The Morgan fingerprint density at radius 1 is 1.38 bits per heavy atom. The number of aliphatic carboxylic acids is 1. The molecule has 0 aliphatic carbocycles. The van der Waals surface area contributed by atoms with Gasteiger partial charge in [0.1, 0.15) is 0 Å². The number of hydrogen-bond acceptors (Lipinski definition) is 7. The lowest BCUT2D eigenvalue weighted by Gasteiger charge is -2.23. The highest BCUT2D eigenvalue weighted by Gasteiger charge is 2.45. The first-order valence-corrected chi connectivity index (χ1v) is 9.86. The van der Waals surface area contributed by atoms with Crippen LogP contribution in [0.3, 0.4) is 0 Å². The molecule has 2 unspecified atom stereocenters. The van der Waals surface area contributed by atoms with Crippen LogP contribution in [0.1, 0.15) is 17.7 Å². The SMILES string of the molecule is O=C(O)C(F)(F)F.c1cnc(NC2COC3(CCN(Cc4cccs4)C3)C2)nc1. The van der Waals surface area contributed by atoms with E-state index in [0.29, 0.717) is 12.0 Å². The van der Waals surface area contributed by atoms with Crippen LogP contribution in [0.5, 0.6) is 0 Å². The van der Waals surface area contributed by atoms with Gasteiger partial charge in [0.05, 0.1) is 18.2 Å². The zero-order valence-corrected chi connectivity index (χ0v) is 16.2.